The smallest absolute Gasteiger partial charge is 0.790 e. The van der Waals surface area contributed by atoms with Gasteiger partial charge in [-0.2, -0.15) is 0 Å². The molecule has 10 nitrogen and oxygen atoms in total. The maximum Gasteiger partial charge on any atom is 1.00 e. The van der Waals surface area contributed by atoms with Crippen molar-refractivity contribution in [2.45, 2.75) is 116 Å². The Morgan fingerprint density at radius 2 is 1.34 bits per heavy atom. The predicted molar refractivity (Wildman–Crippen MR) is 134 cm³/mol. The number of unbranched alkanes of at least 4 members (excludes halogenated alkanes) is 12. The molecule has 0 aromatic heterocycles. The zero-order valence-electron chi connectivity index (χ0n) is 24.3. The monoisotopic (exact) mass is 583 g/mol. The van der Waals surface area contributed by atoms with E-state index in [1.807, 2.05) is 0 Å². The summed E-state index contributed by atoms with van der Waals surface area (Å²) in [6.45, 7) is 4.20. The van der Waals surface area contributed by atoms with Gasteiger partial charge in [0.25, 0.3) is 0 Å². The summed E-state index contributed by atoms with van der Waals surface area (Å²) in [4.78, 5) is 44.4. The maximum absolute atomic E-state index is 12.1. The number of hydrogen-bond acceptors (Lipinski definition) is 9. The summed E-state index contributed by atoms with van der Waals surface area (Å²) < 4.78 is 31.1. The summed E-state index contributed by atoms with van der Waals surface area (Å²) in [7, 11) is -5.18. The fourth-order valence-electron chi connectivity index (χ4n) is 3.54. The van der Waals surface area contributed by atoms with Gasteiger partial charge in [-0.15, -0.1) is 0 Å². The molecule has 0 spiro atoms. The largest absolute Gasteiger partial charge is 1.00 e. The van der Waals surface area contributed by atoms with Crippen LogP contribution in [0.1, 0.15) is 110 Å². The molecule has 1 N–H and O–H groups in total. The molecule has 0 aromatic rings. The zero-order valence-corrected chi connectivity index (χ0v) is 29.2. The molecule has 214 valence electrons. The number of amides is 1. The van der Waals surface area contributed by atoms with Crippen LogP contribution in [0.3, 0.4) is 0 Å². The summed E-state index contributed by atoms with van der Waals surface area (Å²) in [5, 5.41) is 2.78. The van der Waals surface area contributed by atoms with Gasteiger partial charge in [0.2, 0.25) is 5.91 Å². The van der Waals surface area contributed by atoms with E-state index in [1.165, 1.54) is 32.6 Å². The standard InChI is InChI=1S/C25H50NO9P.2Na/c1-3-4-5-6-7-8-11-14-17-25(28)35-24(21-34-36(29,30)31)20-33-22-32-19-16-13-10-9-12-15-18-26-23(2)27;;/h24H,3-22H2,1-2H3,(H,26,27)(H2,29,30,31);;/q;2*+1/p-2/t24-;;/m0../s1. The number of rotatable bonds is 26. The minimum Gasteiger partial charge on any atom is -0.790 e. The quantitative estimate of drug-likeness (QED) is 0.0392. The Labute approximate surface area is 274 Å². The van der Waals surface area contributed by atoms with Gasteiger partial charge in [0, 0.05) is 26.5 Å². The molecule has 0 aliphatic heterocycles. The molecule has 0 heterocycles. The van der Waals surface area contributed by atoms with Crippen LogP contribution >= 0.6 is 7.82 Å². The molecule has 0 radical (unpaired) electrons. The van der Waals surface area contributed by atoms with Crippen molar-refractivity contribution in [3.63, 3.8) is 0 Å². The second kappa shape index (κ2) is 30.9. The molecule has 0 saturated carbocycles. The molecule has 0 aliphatic carbocycles. The van der Waals surface area contributed by atoms with Crippen LogP contribution in [0.15, 0.2) is 0 Å². The number of carbonyl (C=O) groups excluding carboxylic acids is 2. The number of hydrogen-bond donors (Lipinski definition) is 1. The van der Waals surface area contributed by atoms with Gasteiger partial charge in [0.05, 0.1) is 21.0 Å². The van der Waals surface area contributed by atoms with E-state index in [2.05, 4.69) is 16.8 Å². The van der Waals surface area contributed by atoms with Crippen LogP contribution in [0.2, 0.25) is 0 Å². The average molecular weight is 584 g/mol. The van der Waals surface area contributed by atoms with Gasteiger partial charge in [0.15, 0.2) is 0 Å². The van der Waals surface area contributed by atoms with Crippen LogP contribution in [0.25, 0.3) is 0 Å². The molecular weight excluding hydrogens is 535 g/mol. The van der Waals surface area contributed by atoms with Crippen molar-refractivity contribution < 1.29 is 102 Å². The maximum atomic E-state index is 12.1. The number of phosphoric acid groups is 1. The van der Waals surface area contributed by atoms with Crippen molar-refractivity contribution in [2.75, 3.05) is 33.2 Å². The van der Waals surface area contributed by atoms with E-state index in [0.717, 1.165) is 64.3 Å². The molecule has 38 heavy (non-hydrogen) atoms. The number of nitrogens with one attached hydrogen (secondary N) is 1. The number of esters is 1. The first-order valence-corrected chi connectivity index (χ1v) is 15.0. The molecule has 0 aromatic carbocycles. The van der Waals surface area contributed by atoms with Gasteiger partial charge in [0.1, 0.15) is 12.9 Å². The van der Waals surface area contributed by atoms with Gasteiger partial charge < -0.3 is 38.4 Å². The molecule has 1 atom stereocenters. The molecule has 0 fully saturated rings. The van der Waals surface area contributed by atoms with Crippen molar-refractivity contribution in [2.24, 2.45) is 0 Å². The third-order valence-electron chi connectivity index (χ3n) is 5.51. The molecule has 0 unspecified atom stereocenters. The SMILES string of the molecule is CCCCCCCCCCC(=O)O[C@@H](COCOCCCCCCCCNC(C)=O)COP(=O)([O-])[O-].[Na+].[Na+]. The van der Waals surface area contributed by atoms with E-state index in [0.29, 0.717) is 13.0 Å². The number of carbonyl (C=O) groups is 2. The first-order valence-electron chi connectivity index (χ1n) is 13.5. The third kappa shape index (κ3) is 35.0. The predicted octanol–water partition coefficient (Wildman–Crippen LogP) is -2.25. The van der Waals surface area contributed by atoms with Gasteiger partial charge in [-0.05, 0) is 19.3 Å². The Hall–Kier alpha value is 0.970. The third-order valence-corrected chi connectivity index (χ3v) is 5.98. The van der Waals surface area contributed by atoms with Crippen molar-refractivity contribution in [1.29, 1.82) is 0 Å². The van der Waals surface area contributed by atoms with Crippen LogP contribution in [-0.4, -0.2) is 51.1 Å². The van der Waals surface area contributed by atoms with Crippen LogP contribution in [-0.2, 0) is 32.9 Å². The summed E-state index contributed by atoms with van der Waals surface area (Å²) >= 11 is 0. The summed E-state index contributed by atoms with van der Waals surface area (Å²) in [6.07, 6.45) is 14.1. The van der Waals surface area contributed by atoms with E-state index >= 15 is 0 Å². The minimum absolute atomic E-state index is 0. The Morgan fingerprint density at radius 1 is 0.789 bits per heavy atom. The molecule has 0 bridgehead atoms. The van der Waals surface area contributed by atoms with E-state index in [4.69, 9.17) is 14.2 Å². The fourth-order valence-corrected chi connectivity index (χ4v) is 3.89. The number of phosphoric ester groups is 1. The van der Waals surface area contributed by atoms with E-state index in [9.17, 15) is 23.9 Å². The molecule has 1 amide bonds. The van der Waals surface area contributed by atoms with Gasteiger partial charge in [-0.1, -0.05) is 77.6 Å². The fraction of sp³-hybridized carbons (Fsp3) is 0.920. The van der Waals surface area contributed by atoms with Crippen LogP contribution in [0, 0.1) is 0 Å². The molecule has 13 heteroatoms. The van der Waals surface area contributed by atoms with E-state index in [1.54, 1.807) is 0 Å². The van der Waals surface area contributed by atoms with Crippen LogP contribution in [0.5, 0.6) is 0 Å². The Kier molecular flexibility index (Phi) is 35.3. The number of ether oxygens (including phenoxy) is 3. The second-order valence-electron chi connectivity index (χ2n) is 9.08. The molecule has 0 saturated heterocycles. The van der Waals surface area contributed by atoms with Crippen LogP contribution in [0.4, 0.5) is 0 Å². The Morgan fingerprint density at radius 3 is 1.92 bits per heavy atom. The van der Waals surface area contributed by atoms with Crippen molar-refractivity contribution in [1.82, 2.24) is 5.32 Å². The summed E-state index contributed by atoms with van der Waals surface area (Å²) in [5.41, 5.74) is 0. The second-order valence-corrected chi connectivity index (χ2v) is 10.2. The first-order chi connectivity index (χ1) is 17.2. The molecular formula is C25H48NNa2O9P. The van der Waals surface area contributed by atoms with Crippen molar-refractivity contribution >= 4 is 19.7 Å². The molecule has 0 rings (SSSR count). The van der Waals surface area contributed by atoms with Crippen LogP contribution < -0.4 is 74.2 Å². The normalized spacial score (nSPS) is 11.8. The average Bonchev–Trinajstić information content (AvgIpc) is 2.81. The zero-order chi connectivity index (χ0) is 26.9. The Bertz CT molecular complexity index is 597. The van der Waals surface area contributed by atoms with Crippen molar-refractivity contribution in [3.8, 4) is 0 Å². The first kappa shape index (κ1) is 43.4. The molecule has 0 aliphatic rings. The Balaban J connectivity index is -0.00000612. The topological polar surface area (TPSA) is 146 Å². The van der Waals surface area contributed by atoms with E-state index in [-0.39, 0.29) is 84.8 Å². The van der Waals surface area contributed by atoms with Crippen molar-refractivity contribution in [3.05, 3.63) is 0 Å². The summed E-state index contributed by atoms with van der Waals surface area (Å²) in [6, 6.07) is 0. The van der Waals surface area contributed by atoms with Gasteiger partial charge >= 0.3 is 65.1 Å². The summed E-state index contributed by atoms with van der Waals surface area (Å²) in [5.74, 6) is -0.469. The van der Waals surface area contributed by atoms with Gasteiger partial charge in [-0.25, -0.2) is 0 Å². The van der Waals surface area contributed by atoms with E-state index < -0.39 is 26.5 Å². The minimum atomic E-state index is -5.18. The van der Waals surface area contributed by atoms with Gasteiger partial charge in [-0.3, -0.25) is 9.59 Å².